The first kappa shape index (κ1) is 8.76. The molecule has 0 unspecified atom stereocenters. The standard InChI is InChI=1S/C11H11ClO/c12-11(13)10-6-5-8-3-1-2-4-9(8)7-10/h1-4,10H,5-7H2/t10-/m0/s1. The van der Waals surface area contributed by atoms with Crippen LogP contribution in [0.2, 0.25) is 0 Å². The van der Waals surface area contributed by atoms with Crippen LogP contribution in [-0.4, -0.2) is 5.24 Å². The van der Waals surface area contributed by atoms with Crippen molar-refractivity contribution in [1.82, 2.24) is 0 Å². The van der Waals surface area contributed by atoms with Crippen molar-refractivity contribution in [3.05, 3.63) is 35.4 Å². The molecular formula is C11H11ClO. The van der Waals surface area contributed by atoms with Gasteiger partial charge in [-0.1, -0.05) is 24.3 Å². The number of fused-ring (bicyclic) bond motifs is 1. The molecule has 1 aromatic carbocycles. The molecule has 1 aliphatic rings. The highest BCUT2D eigenvalue weighted by atomic mass is 35.5. The molecule has 0 heterocycles. The van der Waals surface area contributed by atoms with Gasteiger partial charge in [0.15, 0.2) is 0 Å². The molecule has 0 aliphatic heterocycles. The van der Waals surface area contributed by atoms with Crippen LogP contribution in [-0.2, 0) is 17.6 Å². The van der Waals surface area contributed by atoms with E-state index in [2.05, 4.69) is 12.1 Å². The second kappa shape index (κ2) is 3.51. The van der Waals surface area contributed by atoms with Gasteiger partial charge >= 0.3 is 0 Å². The summed E-state index contributed by atoms with van der Waals surface area (Å²) in [7, 11) is 0. The lowest BCUT2D eigenvalue weighted by atomic mass is 9.85. The van der Waals surface area contributed by atoms with Gasteiger partial charge in [-0.25, -0.2) is 0 Å². The average Bonchev–Trinajstić information content (AvgIpc) is 2.17. The summed E-state index contributed by atoms with van der Waals surface area (Å²) in [4.78, 5) is 11.0. The van der Waals surface area contributed by atoms with Gasteiger partial charge < -0.3 is 0 Å². The van der Waals surface area contributed by atoms with Gasteiger partial charge in [0.2, 0.25) is 5.24 Å². The number of rotatable bonds is 1. The molecule has 13 heavy (non-hydrogen) atoms. The summed E-state index contributed by atoms with van der Waals surface area (Å²) in [6.45, 7) is 0. The van der Waals surface area contributed by atoms with Gasteiger partial charge in [-0.05, 0) is 42.0 Å². The van der Waals surface area contributed by atoms with E-state index >= 15 is 0 Å². The molecule has 0 radical (unpaired) electrons. The van der Waals surface area contributed by atoms with Crippen LogP contribution < -0.4 is 0 Å². The molecule has 0 bridgehead atoms. The Labute approximate surface area is 82.7 Å². The molecule has 0 saturated heterocycles. The molecule has 68 valence electrons. The van der Waals surface area contributed by atoms with E-state index in [1.807, 2.05) is 12.1 Å². The number of carbonyl (C=O) groups excluding carboxylic acids is 1. The van der Waals surface area contributed by atoms with Crippen molar-refractivity contribution in [3.63, 3.8) is 0 Å². The normalized spacial score (nSPS) is 20.8. The summed E-state index contributed by atoms with van der Waals surface area (Å²) in [6.07, 6.45) is 2.71. The van der Waals surface area contributed by atoms with Gasteiger partial charge in [-0.3, -0.25) is 4.79 Å². The number of hydrogen-bond acceptors (Lipinski definition) is 1. The van der Waals surface area contributed by atoms with E-state index in [0.717, 1.165) is 19.3 Å². The Hall–Kier alpha value is -0.820. The van der Waals surface area contributed by atoms with Crippen LogP contribution in [0.1, 0.15) is 17.5 Å². The van der Waals surface area contributed by atoms with Crippen LogP contribution >= 0.6 is 11.6 Å². The molecule has 0 aromatic heterocycles. The first-order valence-corrected chi connectivity index (χ1v) is 4.91. The summed E-state index contributed by atoms with van der Waals surface area (Å²) < 4.78 is 0. The van der Waals surface area contributed by atoms with Gasteiger partial charge in [-0.2, -0.15) is 0 Å². The monoisotopic (exact) mass is 194 g/mol. The highest BCUT2D eigenvalue weighted by molar-refractivity contribution is 6.64. The third kappa shape index (κ3) is 1.75. The molecule has 1 aliphatic carbocycles. The lowest BCUT2D eigenvalue weighted by Crippen LogP contribution is -2.18. The van der Waals surface area contributed by atoms with Crippen molar-refractivity contribution in [3.8, 4) is 0 Å². The van der Waals surface area contributed by atoms with E-state index < -0.39 is 0 Å². The molecule has 1 nitrogen and oxygen atoms in total. The number of hydrogen-bond donors (Lipinski definition) is 0. The lowest BCUT2D eigenvalue weighted by Gasteiger charge is -2.21. The van der Waals surface area contributed by atoms with Crippen LogP contribution in [0.15, 0.2) is 24.3 Å². The van der Waals surface area contributed by atoms with Crippen LogP contribution in [0.3, 0.4) is 0 Å². The Morgan fingerprint density at radius 2 is 2.00 bits per heavy atom. The predicted octanol–water partition coefficient (Wildman–Crippen LogP) is 2.56. The van der Waals surface area contributed by atoms with E-state index in [9.17, 15) is 4.79 Å². The molecule has 1 aromatic rings. The van der Waals surface area contributed by atoms with E-state index in [0.29, 0.717) is 0 Å². The first-order valence-electron chi connectivity index (χ1n) is 4.53. The molecule has 1 atom stereocenters. The van der Waals surface area contributed by atoms with Crippen molar-refractivity contribution in [2.45, 2.75) is 19.3 Å². The second-order valence-electron chi connectivity index (χ2n) is 3.51. The Bertz CT molecular complexity index is 333. The van der Waals surface area contributed by atoms with Gasteiger partial charge in [0, 0.05) is 5.92 Å². The third-order valence-corrected chi connectivity index (χ3v) is 2.98. The number of halogens is 1. The average molecular weight is 195 g/mol. The fraction of sp³-hybridized carbons (Fsp3) is 0.364. The minimum Gasteiger partial charge on any atom is -0.281 e. The smallest absolute Gasteiger partial charge is 0.225 e. The molecule has 0 fully saturated rings. The van der Waals surface area contributed by atoms with Crippen molar-refractivity contribution < 1.29 is 4.79 Å². The maximum absolute atomic E-state index is 11.0. The fourth-order valence-corrected chi connectivity index (χ4v) is 2.08. The van der Waals surface area contributed by atoms with E-state index in [-0.39, 0.29) is 11.2 Å². The van der Waals surface area contributed by atoms with Gasteiger partial charge in [0.1, 0.15) is 0 Å². The highest BCUT2D eigenvalue weighted by Crippen LogP contribution is 2.26. The third-order valence-electron chi connectivity index (χ3n) is 2.67. The number of benzene rings is 1. The zero-order valence-electron chi connectivity index (χ0n) is 7.29. The van der Waals surface area contributed by atoms with Gasteiger partial charge in [0.25, 0.3) is 0 Å². The molecule has 2 heteroatoms. The number of carbonyl (C=O) groups is 1. The molecule has 0 spiro atoms. The summed E-state index contributed by atoms with van der Waals surface area (Å²) >= 11 is 5.48. The molecule has 0 saturated carbocycles. The van der Waals surface area contributed by atoms with Crippen molar-refractivity contribution in [2.75, 3.05) is 0 Å². The second-order valence-corrected chi connectivity index (χ2v) is 3.89. The lowest BCUT2D eigenvalue weighted by molar-refractivity contribution is -0.115. The van der Waals surface area contributed by atoms with Crippen LogP contribution in [0.25, 0.3) is 0 Å². The van der Waals surface area contributed by atoms with Gasteiger partial charge in [0.05, 0.1) is 0 Å². The zero-order chi connectivity index (χ0) is 9.26. The fourth-order valence-electron chi connectivity index (χ4n) is 1.89. The minimum atomic E-state index is -0.186. The topological polar surface area (TPSA) is 17.1 Å². The molecule has 0 amide bonds. The number of aryl methyl sites for hydroxylation is 1. The summed E-state index contributed by atoms with van der Waals surface area (Å²) in [6, 6.07) is 8.27. The minimum absolute atomic E-state index is 0.0385. The quantitative estimate of drug-likeness (QED) is 0.628. The first-order chi connectivity index (χ1) is 6.27. The maximum Gasteiger partial charge on any atom is 0.225 e. The molecule has 2 rings (SSSR count). The maximum atomic E-state index is 11.0. The van der Waals surface area contributed by atoms with Gasteiger partial charge in [-0.15, -0.1) is 0 Å². The Morgan fingerprint density at radius 1 is 1.31 bits per heavy atom. The van der Waals surface area contributed by atoms with Crippen molar-refractivity contribution >= 4 is 16.8 Å². The zero-order valence-corrected chi connectivity index (χ0v) is 8.05. The summed E-state index contributed by atoms with van der Waals surface area (Å²) in [5.74, 6) is 0.0385. The Kier molecular flexibility index (Phi) is 2.36. The van der Waals surface area contributed by atoms with E-state index in [1.165, 1.54) is 11.1 Å². The van der Waals surface area contributed by atoms with Crippen molar-refractivity contribution in [2.24, 2.45) is 5.92 Å². The van der Waals surface area contributed by atoms with Crippen LogP contribution in [0.5, 0.6) is 0 Å². The SMILES string of the molecule is O=C(Cl)[C@H]1CCc2ccccc2C1. The Balaban J connectivity index is 2.24. The Morgan fingerprint density at radius 3 is 2.69 bits per heavy atom. The summed E-state index contributed by atoms with van der Waals surface area (Å²) in [5, 5.41) is -0.186. The summed E-state index contributed by atoms with van der Waals surface area (Å²) in [5.41, 5.74) is 2.66. The van der Waals surface area contributed by atoms with Crippen molar-refractivity contribution in [1.29, 1.82) is 0 Å². The van der Waals surface area contributed by atoms with E-state index in [4.69, 9.17) is 11.6 Å². The largest absolute Gasteiger partial charge is 0.281 e. The molecule has 0 N–H and O–H groups in total. The van der Waals surface area contributed by atoms with E-state index in [1.54, 1.807) is 0 Å². The predicted molar refractivity (Wildman–Crippen MR) is 52.8 cm³/mol. The highest BCUT2D eigenvalue weighted by Gasteiger charge is 2.22. The molecular weight excluding hydrogens is 184 g/mol. The van der Waals surface area contributed by atoms with Crippen LogP contribution in [0, 0.1) is 5.92 Å². The van der Waals surface area contributed by atoms with Crippen LogP contribution in [0.4, 0.5) is 0 Å².